The van der Waals surface area contributed by atoms with Crippen LogP contribution in [0.1, 0.15) is 55.3 Å². The average molecular weight is 463 g/mol. The second kappa shape index (κ2) is 8.63. The number of hydrogen-bond donors (Lipinski definition) is 1. The van der Waals surface area contributed by atoms with Gasteiger partial charge >= 0.3 is 0 Å². The molecule has 6 rings (SSSR count). The third kappa shape index (κ3) is 3.82. The number of allylic oxidation sites excluding steroid dienone is 1. The molecule has 1 spiro atoms. The normalized spacial score (nSPS) is 20.2. The summed E-state index contributed by atoms with van der Waals surface area (Å²) >= 11 is 0. The number of fused-ring (bicyclic) bond motifs is 2. The smallest absolute Gasteiger partial charge is 0.226 e. The van der Waals surface area contributed by atoms with Gasteiger partial charge in [0.1, 0.15) is 5.52 Å². The Hall–Kier alpha value is -3.04. The van der Waals surface area contributed by atoms with E-state index < -0.39 is 0 Å². The molecule has 9 heteroatoms. The number of benzene rings is 1. The zero-order valence-corrected chi connectivity index (χ0v) is 19.7. The van der Waals surface area contributed by atoms with Crippen LogP contribution in [0.3, 0.4) is 0 Å². The number of nitrogens with zero attached hydrogens (tertiary/aromatic N) is 5. The maximum atomic E-state index is 5.87. The summed E-state index contributed by atoms with van der Waals surface area (Å²) in [5.74, 6) is 0.880. The molecular weight excluding hydrogens is 432 g/mol. The van der Waals surface area contributed by atoms with Gasteiger partial charge in [0, 0.05) is 25.9 Å². The van der Waals surface area contributed by atoms with Crippen molar-refractivity contribution < 1.29 is 14.2 Å². The Kier molecular flexibility index (Phi) is 5.45. The number of ether oxygens (including phenoxy) is 3. The number of aryl methyl sites for hydroxylation is 2. The third-order valence-corrected chi connectivity index (χ3v) is 7.20. The van der Waals surface area contributed by atoms with E-state index in [0.29, 0.717) is 31.1 Å². The highest BCUT2D eigenvalue weighted by atomic mass is 16.7. The number of rotatable bonds is 4. The lowest BCUT2D eigenvalue weighted by atomic mass is 9.90. The highest BCUT2D eigenvalue weighted by Gasteiger charge is 2.40. The Morgan fingerprint density at radius 1 is 1.15 bits per heavy atom. The maximum absolute atomic E-state index is 5.87. The van der Waals surface area contributed by atoms with Crippen LogP contribution in [0.15, 0.2) is 24.3 Å². The lowest BCUT2D eigenvalue weighted by Crippen LogP contribution is -2.39. The number of methoxy groups -OCH3 is 1. The van der Waals surface area contributed by atoms with E-state index in [9.17, 15) is 0 Å². The van der Waals surface area contributed by atoms with Crippen LogP contribution in [-0.2, 0) is 22.9 Å². The van der Waals surface area contributed by atoms with E-state index >= 15 is 0 Å². The van der Waals surface area contributed by atoms with Crippen molar-refractivity contribution >= 4 is 22.6 Å². The molecule has 9 nitrogen and oxygen atoms in total. The molecule has 0 atom stereocenters. The van der Waals surface area contributed by atoms with Crippen LogP contribution in [0.25, 0.3) is 16.6 Å². The summed E-state index contributed by atoms with van der Waals surface area (Å²) in [4.78, 5) is 9.77. The quantitative estimate of drug-likeness (QED) is 0.628. The van der Waals surface area contributed by atoms with Gasteiger partial charge in [-0.1, -0.05) is 17.4 Å². The molecule has 2 aromatic heterocycles. The van der Waals surface area contributed by atoms with Gasteiger partial charge in [0.2, 0.25) is 11.8 Å². The number of hydrogen-bond acceptors (Lipinski definition) is 8. The van der Waals surface area contributed by atoms with E-state index in [-0.39, 0.29) is 5.79 Å². The molecule has 2 aliphatic carbocycles. The highest BCUT2D eigenvalue weighted by molar-refractivity contribution is 5.88. The van der Waals surface area contributed by atoms with Crippen molar-refractivity contribution in [3.05, 3.63) is 41.1 Å². The van der Waals surface area contributed by atoms with E-state index in [1.807, 2.05) is 13.1 Å². The Labute approximate surface area is 198 Å². The number of nitrogens with one attached hydrogen (secondary N) is 1. The minimum absolute atomic E-state index is 0.293. The third-order valence-electron chi connectivity index (χ3n) is 7.20. The van der Waals surface area contributed by atoms with E-state index in [2.05, 4.69) is 33.8 Å². The molecule has 1 aromatic carbocycles. The van der Waals surface area contributed by atoms with Gasteiger partial charge < -0.3 is 19.5 Å². The molecule has 0 bridgehead atoms. The topological polar surface area (TPSA) is 96.2 Å². The molecule has 34 heavy (non-hydrogen) atoms. The summed E-state index contributed by atoms with van der Waals surface area (Å²) < 4.78 is 19.4. The Morgan fingerprint density at radius 2 is 1.97 bits per heavy atom. The van der Waals surface area contributed by atoms with Crippen LogP contribution >= 0.6 is 0 Å². The zero-order valence-electron chi connectivity index (χ0n) is 19.7. The van der Waals surface area contributed by atoms with Gasteiger partial charge in [-0.15, -0.1) is 5.10 Å². The fraction of sp³-hybridized carbons (Fsp3) is 0.520. The van der Waals surface area contributed by atoms with E-state index in [1.165, 1.54) is 0 Å². The number of anilines is 1. The predicted octanol–water partition coefficient (Wildman–Crippen LogP) is 3.63. The zero-order chi connectivity index (χ0) is 23.1. The Balaban J connectivity index is 1.30. The first kappa shape index (κ1) is 21.5. The van der Waals surface area contributed by atoms with Crippen LogP contribution in [0.4, 0.5) is 5.95 Å². The minimum atomic E-state index is -0.366. The molecule has 3 aromatic rings. The van der Waals surface area contributed by atoms with Crippen molar-refractivity contribution in [1.82, 2.24) is 25.0 Å². The second-order valence-corrected chi connectivity index (χ2v) is 9.33. The van der Waals surface area contributed by atoms with Gasteiger partial charge in [-0.05, 0) is 55.4 Å². The summed E-state index contributed by atoms with van der Waals surface area (Å²) in [7, 11) is 3.59. The van der Waals surface area contributed by atoms with Gasteiger partial charge in [0.15, 0.2) is 5.79 Å². The minimum Gasteiger partial charge on any atom is -0.480 e. The van der Waals surface area contributed by atoms with Crippen LogP contribution in [0.5, 0.6) is 5.88 Å². The van der Waals surface area contributed by atoms with Crippen molar-refractivity contribution in [2.24, 2.45) is 7.05 Å². The van der Waals surface area contributed by atoms with Gasteiger partial charge in [-0.2, -0.15) is 4.98 Å². The molecule has 3 heterocycles. The van der Waals surface area contributed by atoms with Crippen molar-refractivity contribution in [2.45, 2.75) is 56.8 Å². The van der Waals surface area contributed by atoms with Crippen LogP contribution in [0, 0.1) is 0 Å². The van der Waals surface area contributed by atoms with Crippen molar-refractivity contribution in [1.29, 1.82) is 0 Å². The molecule has 2 fully saturated rings. The molecular formula is C25H30N6O3. The SMILES string of the molecule is COc1nc(NC2CCC3(CC2)OCCO3)nc2c1C(c1ccc3nnn(C)c3c1)=CCCC2. The Morgan fingerprint density at radius 3 is 2.76 bits per heavy atom. The second-order valence-electron chi connectivity index (χ2n) is 9.33. The molecule has 1 aliphatic heterocycles. The van der Waals surface area contributed by atoms with Crippen molar-refractivity contribution in [3.8, 4) is 5.88 Å². The summed E-state index contributed by atoms with van der Waals surface area (Å²) in [6.07, 6.45) is 8.89. The van der Waals surface area contributed by atoms with Crippen LogP contribution in [0.2, 0.25) is 0 Å². The highest BCUT2D eigenvalue weighted by Crippen LogP contribution is 2.39. The van der Waals surface area contributed by atoms with Crippen molar-refractivity contribution in [3.63, 3.8) is 0 Å². The maximum Gasteiger partial charge on any atom is 0.226 e. The van der Waals surface area contributed by atoms with Gasteiger partial charge in [0.25, 0.3) is 0 Å². The molecule has 0 unspecified atom stereocenters. The Bertz CT molecular complexity index is 1240. The number of aromatic nitrogens is 5. The fourth-order valence-corrected chi connectivity index (χ4v) is 5.40. The van der Waals surface area contributed by atoms with Crippen LogP contribution in [-0.4, -0.2) is 57.1 Å². The molecule has 1 saturated heterocycles. The molecule has 1 saturated carbocycles. The van der Waals surface area contributed by atoms with Gasteiger partial charge in [-0.25, -0.2) is 9.67 Å². The van der Waals surface area contributed by atoms with E-state index in [0.717, 1.165) is 78.4 Å². The first-order valence-electron chi connectivity index (χ1n) is 12.1. The summed E-state index contributed by atoms with van der Waals surface area (Å²) in [6.45, 7) is 1.40. The van der Waals surface area contributed by atoms with Crippen LogP contribution < -0.4 is 10.1 Å². The molecule has 3 aliphatic rings. The molecule has 0 amide bonds. The van der Waals surface area contributed by atoms with E-state index in [4.69, 9.17) is 24.2 Å². The summed E-state index contributed by atoms with van der Waals surface area (Å²) in [5, 5.41) is 11.9. The van der Waals surface area contributed by atoms with E-state index in [1.54, 1.807) is 11.8 Å². The first-order valence-corrected chi connectivity index (χ1v) is 12.1. The average Bonchev–Trinajstić information content (AvgIpc) is 3.40. The molecule has 1 N–H and O–H groups in total. The summed E-state index contributed by atoms with van der Waals surface area (Å²) in [6, 6.07) is 6.53. The predicted molar refractivity (Wildman–Crippen MR) is 128 cm³/mol. The molecule has 178 valence electrons. The first-order chi connectivity index (χ1) is 16.6. The summed E-state index contributed by atoms with van der Waals surface area (Å²) in [5.41, 5.74) is 6.08. The van der Waals surface area contributed by atoms with Gasteiger partial charge in [0.05, 0.1) is 37.1 Å². The molecule has 0 radical (unpaired) electrons. The monoisotopic (exact) mass is 462 g/mol. The lowest BCUT2D eigenvalue weighted by Gasteiger charge is -2.35. The van der Waals surface area contributed by atoms with Crippen molar-refractivity contribution in [2.75, 3.05) is 25.6 Å². The van der Waals surface area contributed by atoms with Gasteiger partial charge in [-0.3, -0.25) is 0 Å². The largest absolute Gasteiger partial charge is 0.480 e. The standard InChI is InChI=1S/C25H30N6O3/c1-31-21-15-16(7-8-19(21)29-30-31)18-5-3-4-6-20-22(18)23(32-2)28-24(27-20)26-17-9-11-25(12-10-17)33-13-14-34-25/h5,7-8,15,17H,3-4,6,9-14H2,1-2H3,(H,26,27,28). The fourth-order valence-electron chi connectivity index (χ4n) is 5.40. The lowest BCUT2D eigenvalue weighted by molar-refractivity contribution is -0.177.